The molecule has 0 aromatic carbocycles. The van der Waals surface area contributed by atoms with E-state index in [1.807, 2.05) is 29.6 Å². The number of esters is 2. The van der Waals surface area contributed by atoms with Crippen LogP contribution in [0.15, 0.2) is 12.2 Å². The van der Waals surface area contributed by atoms with Crippen molar-refractivity contribution < 1.29 is 24.2 Å². The Labute approximate surface area is 127 Å². The molecular formula is C13H20O5S2. The van der Waals surface area contributed by atoms with Gasteiger partial charge >= 0.3 is 11.9 Å². The van der Waals surface area contributed by atoms with Gasteiger partial charge in [-0.25, -0.2) is 0 Å². The number of hydrogen-bond acceptors (Lipinski definition) is 7. The molecule has 1 aliphatic heterocycles. The number of carbonyl (C=O) groups excluding carboxylic acids is 2. The van der Waals surface area contributed by atoms with E-state index in [2.05, 4.69) is 0 Å². The van der Waals surface area contributed by atoms with Crippen molar-refractivity contribution in [3.05, 3.63) is 12.2 Å². The Morgan fingerprint density at radius 3 is 2.50 bits per heavy atom. The van der Waals surface area contributed by atoms with E-state index >= 15 is 0 Å². The standard InChI is InChI=1S/C13H20O5S2/c1-9(14)17-8-11(16)12(18-10(2)15)4-5-13-19-6-3-7-20-13/h4-5,11-13,16H,3,6-8H2,1-2H3/b5-4+/t11-,12+/m1/s1. The summed E-state index contributed by atoms with van der Waals surface area (Å²) in [5, 5.41) is 9.92. The molecule has 5 nitrogen and oxygen atoms in total. The van der Waals surface area contributed by atoms with Gasteiger partial charge in [-0.2, -0.15) is 0 Å². The minimum Gasteiger partial charge on any atom is -0.463 e. The predicted molar refractivity (Wildman–Crippen MR) is 80.7 cm³/mol. The van der Waals surface area contributed by atoms with Crippen LogP contribution in [-0.2, 0) is 19.1 Å². The molecule has 114 valence electrons. The number of ether oxygens (including phenoxy) is 2. The van der Waals surface area contributed by atoms with Gasteiger partial charge in [0.1, 0.15) is 18.8 Å². The van der Waals surface area contributed by atoms with Crippen LogP contribution in [0, 0.1) is 0 Å². The molecule has 0 spiro atoms. The van der Waals surface area contributed by atoms with Crippen LogP contribution in [0.25, 0.3) is 0 Å². The van der Waals surface area contributed by atoms with Gasteiger partial charge in [-0.1, -0.05) is 6.08 Å². The Hall–Kier alpha value is -0.660. The summed E-state index contributed by atoms with van der Waals surface area (Å²) in [5.74, 6) is 1.26. The van der Waals surface area contributed by atoms with Crippen molar-refractivity contribution in [2.75, 3.05) is 18.1 Å². The third-order valence-corrected chi connectivity index (χ3v) is 5.29. The molecule has 0 bridgehead atoms. The lowest BCUT2D eigenvalue weighted by Crippen LogP contribution is -2.33. The Morgan fingerprint density at radius 1 is 1.30 bits per heavy atom. The summed E-state index contributed by atoms with van der Waals surface area (Å²) in [7, 11) is 0. The van der Waals surface area contributed by atoms with Gasteiger partial charge in [0.15, 0.2) is 0 Å². The predicted octanol–water partition coefficient (Wildman–Crippen LogP) is 1.59. The fourth-order valence-corrected chi connectivity index (χ4v) is 4.19. The second-order valence-electron chi connectivity index (χ2n) is 4.29. The van der Waals surface area contributed by atoms with Crippen LogP contribution in [0.4, 0.5) is 0 Å². The highest BCUT2D eigenvalue weighted by Crippen LogP contribution is 2.31. The number of rotatable bonds is 6. The number of aliphatic hydroxyl groups is 1. The molecule has 1 saturated heterocycles. The molecule has 1 rings (SSSR count). The highest BCUT2D eigenvalue weighted by Gasteiger charge is 2.21. The minimum atomic E-state index is -1.06. The first-order chi connectivity index (χ1) is 9.49. The molecular weight excluding hydrogens is 300 g/mol. The topological polar surface area (TPSA) is 72.8 Å². The molecule has 0 radical (unpaired) electrons. The van der Waals surface area contributed by atoms with Crippen molar-refractivity contribution in [3.8, 4) is 0 Å². The monoisotopic (exact) mass is 320 g/mol. The third-order valence-electron chi connectivity index (χ3n) is 2.45. The number of aliphatic hydroxyl groups excluding tert-OH is 1. The lowest BCUT2D eigenvalue weighted by atomic mass is 10.2. The first-order valence-electron chi connectivity index (χ1n) is 6.39. The first kappa shape index (κ1) is 17.4. The van der Waals surface area contributed by atoms with Crippen LogP contribution >= 0.6 is 23.5 Å². The Morgan fingerprint density at radius 2 is 1.95 bits per heavy atom. The number of thioether (sulfide) groups is 2. The Balaban J connectivity index is 2.55. The normalized spacial score (nSPS) is 19.6. The van der Waals surface area contributed by atoms with E-state index in [4.69, 9.17) is 9.47 Å². The number of hydrogen-bond donors (Lipinski definition) is 1. The summed E-state index contributed by atoms with van der Waals surface area (Å²) in [6.07, 6.45) is 2.94. The largest absolute Gasteiger partial charge is 0.463 e. The maximum Gasteiger partial charge on any atom is 0.303 e. The van der Waals surface area contributed by atoms with Crippen LogP contribution in [-0.4, -0.2) is 51.9 Å². The average Bonchev–Trinajstić information content (AvgIpc) is 2.41. The molecule has 0 amide bonds. The Kier molecular flexibility index (Phi) is 8.09. The summed E-state index contributed by atoms with van der Waals surface area (Å²) in [5.41, 5.74) is 0. The van der Waals surface area contributed by atoms with Crippen LogP contribution in [0.3, 0.4) is 0 Å². The molecule has 1 heterocycles. The summed E-state index contributed by atoms with van der Waals surface area (Å²) < 4.78 is 10.1. The zero-order valence-corrected chi connectivity index (χ0v) is 13.2. The molecule has 7 heteroatoms. The molecule has 1 aliphatic rings. The van der Waals surface area contributed by atoms with Crippen molar-refractivity contribution in [1.82, 2.24) is 0 Å². The van der Waals surface area contributed by atoms with Crippen molar-refractivity contribution >= 4 is 35.5 Å². The molecule has 2 atom stereocenters. The zero-order chi connectivity index (χ0) is 15.0. The van der Waals surface area contributed by atoms with Gasteiger partial charge in [0.2, 0.25) is 0 Å². The average molecular weight is 320 g/mol. The molecule has 0 aromatic heterocycles. The van der Waals surface area contributed by atoms with Crippen molar-refractivity contribution in [2.45, 2.75) is 37.1 Å². The molecule has 0 unspecified atom stereocenters. The smallest absolute Gasteiger partial charge is 0.303 e. The van der Waals surface area contributed by atoms with E-state index in [-0.39, 0.29) is 6.61 Å². The highest BCUT2D eigenvalue weighted by atomic mass is 32.2. The highest BCUT2D eigenvalue weighted by molar-refractivity contribution is 8.17. The zero-order valence-electron chi connectivity index (χ0n) is 11.6. The lowest BCUT2D eigenvalue weighted by molar-refractivity contribution is -0.154. The van der Waals surface area contributed by atoms with Gasteiger partial charge < -0.3 is 14.6 Å². The molecule has 0 saturated carbocycles. The fraction of sp³-hybridized carbons (Fsp3) is 0.692. The van der Waals surface area contributed by atoms with E-state index in [0.717, 1.165) is 11.5 Å². The van der Waals surface area contributed by atoms with Crippen molar-refractivity contribution in [2.24, 2.45) is 0 Å². The van der Waals surface area contributed by atoms with Crippen LogP contribution in [0.5, 0.6) is 0 Å². The number of carbonyl (C=O) groups is 2. The quantitative estimate of drug-likeness (QED) is 0.588. The van der Waals surface area contributed by atoms with E-state index in [0.29, 0.717) is 4.58 Å². The first-order valence-corrected chi connectivity index (χ1v) is 8.49. The third kappa shape index (κ3) is 7.21. The van der Waals surface area contributed by atoms with Crippen molar-refractivity contribution in [1.29, 1.82) is 0 Å². The molecule has 1 N–H and O–H groups in total. The molecule has 1 fully saturated rings. The maximum atomic E-state index is 11.1. The summed E-state index contributed by atoms with van der Waals surface area (Å²) in [6.45, 7) is 2.35. The second kappa shape index (κ2) is 9.31. The van der Waals surface area contributed by atoms with Crippen molar-refractivity contribution in [3.63, 3.8) is 0 Å². The second-order valence-corrected chi connectivity index (χ2v) is 7.09. The van der Waals surface area contributed by atoms with E-state index in [1.54, 1.807) is 6.08 Å². The van der Waals surface area contributed by atoms with Gasteiger partial charge in [0.05, 0.1) is 4.58 Å². The lowest BCUT2D eigenvalue weighted by Gasteiger charge is -2.21. The van der Waals surface area contributed by atoms with Crippen LogP contribution < -0.4 is 0 Å². The van der Waals surface area contributed by atoms with Crippen LogP contribution in [0.2, 0.25) is 0 Å². The molecule has 0 aliphatic carbocycles. The van der Waals surface area contributed by atoms with E-state index in [9.17, 15) is 14.7 Å². The molecule has 0 aromatic rings. The minimum absolute atomic E-state index is 0.192. The SMILES string of the molecule is CC(=O)OC[C@@H](O)[C@H](/C=C/C1SCCCS1)OC(C)=O. The van der Waals surface area contributed by atoms with Gasteiger partial charge in [-0.05, 0) is 24.0 Å². The fourth-order valence-electron chi connectivity index (χ4n) is 1.55. The molecule has 20 heavy (non-hydrogen) atoms. The Bertz CT molecular complexity index is 353. The van der Waals surface area contributed by atoms with Gasteiger partial charge in [-0.15, -0.1) is 23.5 Å². The summed E-state index contributed by atoms with van der Waals surface area (Å²) >= 11 is 3.65. The summed E-state index contributed by atoms with van der Waals surface area (Å²) in [4.78, 5) is 21.8. The maximum absolute atomic E-state index is 11.1. The van der Waals surface area contributed by atoms with Gasteiger partial charge in [0.25, 0.3) is 0 Å². The van der Waals surface area contributed by atoms with E-state index in [1.165, 1.54) is 20.3 Å². The van der Waals surface area contributed by atoms with E-state index < -0.39 is 24.1 Å². The van der Waals surface area contributed by atoms with Gasteiger partial charge in [0, 0.05) is 13.8 Å². The van der Waals surface area contributed by atoms with Crippen LogP contribution in [0.1, 0.15) is 20.3 Å². The van der Waals surface area contributed by atoms with Gasteiger partial charge in [-0.3, -0.25) is 9.59 Å². The summed E-state index contributed by atoms with van der Waals surface area (Å²) in [6, 6.07) is 0.